The SMILES string of the molecule is CCCCCNC(=O)c1ocnc1C. The minimum Gasteiger partial charge on any atom is -0.438 e. The van der Waals surface area contributed by atoms with Crippen LogP contribution in [0.15, 0.2) is 10.8 Å². The highest BCUT2D eigenvalue weighted by Gasteiger charge is 2.12. The quantitative estimate of drug-likeness (QED) is 0.732. The zero-order valence-corrected chi connectivity index (χ0v) is 8.67. The number of rotatable bonds is 5. The Hall–Kier alpha value is -1.32. The summed E-state index contributed by atoms with van der Waals surface area (Å²) >= 11 is 0. The lowest BCUT2D eigenvalue weighted by Crippen LogP contribution is -2.24. The Bertz CT molecular complexity index is 294. The van der Waals surface area contributed by atoms with Crippen LogP contribution in [0.1, 0.15) is 42.4 Å². The van der Waals surface area contributed by atoms with Crippen molar-refractivity contribution >= 4 is 5.91 Å². The number of nitrogens with zero attached hydrogens (tertiary/aromatic N) is 1. The molecule has 0 saturated heterocycles. The molecule has 0 fully saturated rings. The van der Waals surface area contributed by atoms with E-state index in [4.69, 9.17) is 4.42 Å². The summed E-state index contributed by atoms with van der Waals surface area (Å²) in [7, 11) is 0. The molecule has 1 aromatic heterocycles. The van der Waals surface area contributed by atoms with Crippen LogP contribution in [0.3, 0.4) is 0 Å². The molecule has 1 rings (SSSR count). The first-order chi connectivity index (χ1) is 6.75. The van der Waals surface area contributed by atoms with Crippen molar-refractivity contribution < 1.29 is 9.21 Å². The molecule has 0 saturated carbocycles. The van der Waals surface area contributed by atoms with E-state index in [9.17, 15) is 4.79 Å². The number of amides is 1. The highest BCUT2D eigenvalue weighted by Crippen LogP contribution is 2.04. The zero-order chi connectivity index (χ0) is 10.4. The maximum Gasteiger partial charge on any atom is 0.288 e. The fourth-order valence-corrected chi connectivity index (χ4v) is 1.18. The Morgan fingerprint density at radius 1 is 1.57 bits per heavy atom. The molecule has 1 aromatic rings. The number of carbonyl (C=O) groups is 1. The first-order valence-corrected chi connectivity index (χ1v) is 4.94. The van der Waals surface area contributed by atoms with Crippen molar-refractivity contribution in [3.8, 4) is 0 Å². The smallest absolute Gasteiger partial charge is 0.288 e. The molecule has 0 bridgehead atoms. The summed E-state index contributed by atoms with van der Waals surface area (Å²) in [5.41, 5.74) is 0.637. The third-order valence-electron chi connectivity index (χ3n) is 2.02. The summed E-state index contributed by atoms with van der Waals surface area (Å²) in [6.45, 7) is 4.58. The number of aromatic nitrogens is 1. The van der Waals surface area contributed by atoms with E-state index in [1.54, 1.807) is 6.92 Å². The Morgan fingerprint density at radius 2 is 2.36 bits per heavy atom. The molecule has 14 heavy (non-hydrogen) atoms. The first kappa shape index (κ1) is 10.8. The minimum atomic E-state index is -0.170. The molecule has 0 aliphatic heterocycles. The van der Waals surface area contributed by atoms with E-state index in [2.05, 4.69) is 17.2 Å². The first-order valence-electron chi connectivity index (χ1n) is 4.94. The standard InChI is InChI=1S/C10H16N2O2/c1-3-4-5-6-11-10(13)9-8(2)12-7-14-9/h7H,3-6H2,1-2H3,(H,11,13). The van der Waals surface area contributed by atoms with E-state index in [1.807, 2.05) is 0 Å². The van der Waals surface area contributed by atoms with Crippen molar-refractivity contribution in [1.82, 2.24) is 10.3 Å². The van der Waals surface area contributed by atoms with Gasteiger partial charge in [-0.1, -0.05) is 19.8 Å². The second-order valence-electron chi connectivity index (χ2n) is 3.23. The van der Waals surface area contributed by atoms with Crippen molar-refractivity contribution in [3.05, 3.63) is 17.8 Å². The average Bonchev–Trinajstić information content (AvgIpc) is 2.59. The largest absolute Gasteiger partial charge is 0.438 e. The van der Waals surface area contributed by atoms with Gasteiger partial charge in [0.25, 0.3) is 5.91 Å². The van der Waals surface area contributed by atoms with Crippen LogP contribution < -0.4 is 5.32 Å². The Balaban J connectivity index is 2.32. The number of nitrogens with one attached hydrogen (secondary N) is 1. The van der Waals surface area contributed by atoms with E-state index in [0.717, 1.165) is 19.3 Å². The molecular weight excluding hydrogens is 180 g/mol. The van der Waals surface area contributed by atoms with Crippen molar-refractivity contribution in [2.45, 2.75) is 33.1 Å². The predicted molar refractivity (Wildman–Crippen MR) is 53.1 cm³/mol. The molecule has 4 nitrogen and oxygen atoms in total. The van der Waals surface area contributed by atoms with Crippen LogP contribution in [-0.2, 0) is 0 Å². The second-order valence-corrected chi connectivity index (χ2v) is 3.23. The van der Waals surface area contributed by atoms with E-state index < -0.39 is 0 Å². The third kappa shape index (κ3) is 2.87. The van der Waals surface area contributed by atoms with Crippen LogP contribution in [-0.4, -0.2) is 17.4 Å². The summed E-state index contributed by atoms with van der Waals surface area (Å²) in [5.74, 6) is 0.151. The van der Waals surface area contributed by atoms with Crippen LogP contribution in [0, 0.1) is 6.92 Å². The fraction of sp³-hybridized carbons (Fsp3) is 0.600. The lowest BCUT2D eigenvalue weighted by atomic mass is 10.2. The van der Waals surface area contributed by atoms with Crippen LogP contribution in [0.2, 0.25) is 0 Å². The van der Waals surface area contributed by atoms with Gasteiger partial charge in [-0.2, -0.15) is 0 Å². The van der Waals surface area contributed by atoms with Gasteiger partial charge in [0.15, 0.2) is 6.39 Å². The molecule has 0 radical (unpaired) electrons. The van der Waals surface area contributed by atoms with Crippen LogP contribution in [0.25, 0.3) is 0 Å². The van der Waals surface area contributed by atoms with Crippen LogP contribution in [0.5, 0.6) is 0 Å². The fourth-order valence-electron chi connectivity index (χ4n) is 1.18. The molecule has 0 aromatic carbocycles. The molecule has 0 unspecified atom stereocenters. The monoisotopic (exact) mass is 196 g/mol. The van der Waals surface area contributed by atoms with E-state index in [-0.39, 0.29) is 5.91 Å². The van der Waals surface area contributed by atoms with Crippen molar-refractivity contribution in [3.63, 3.8) is 0 Å². The van der Waals surface area contributed by atoms with Gasteiger partial charge >= 0.3 is 0 Å². The highest BCUT2D eigenvalue weighted by molar-refractivity contribution is 5.92. The average molecular weight is 196 g/mol. The molecule has 0 aliphatic carbocycles. The van der Waals surface area contributed by atoms with Crippen LogP contribution in [0.4, 0.5) is 0 Å². The Kier molecular flexibility index (Phi) is 4.16. The summed E-state index contributed by atoms with van der Waals surface area (Å²) in [5, 5.41) is 2.79. The lowest BCUT2D eigenvalue weighted by molar-refractivity contribution is 0.0924. The van der Waals surface area contributed by atoms with Gasteiger partial charge < -0.3 is 9.73 Å². The zero-order valence-electron chi connectivity index (χ0n) is 8.67. The van der Waals surface area contributed by atoms with Crippen molar-refractivity contribution in [2.24, 2.45) is 0 Å². The van der Waals surface area contributed by atoms with Crippen LogP contribution >= 0.6 is 0 Å². The Labute approximate surface area is 83.7 Å². The molecule has 0 atom stereocenters. The van der Waals surface area contributed by atoms with E-state index in [1.165, 1.54) is 6.39 Å². The normalized spacial score (nSPS) is 10.1. The van der Waals surface area contributed by atoms with Gasteiger partial charge in [0.05, 0.1) is 5.69 Å². The minimum absolute atomic E-state index is 0.170. The lowest BCUT2D eigenvalue weighted by Gasteiger charge is -2.01. The second kappa shape index (κ2) is 5.42. The maximum absolute atomic E-state index is 11.4. The molecule has 78 valence electrons. The van der Waals surface area contributed by atoms with Gasteiger partial charge in [0.1, 0.15) is 0 Å². The molecule has 0 spiro atoms. The molecule has 1 heterocycles. The van der Waals surface area contributed by atoms with E-state index in [0.29, 0.717) is 18.0 Å². The number of hydrogen-bond donors (Lipinski definition) is 1. The number of oxazole rings is 1. The van der Waals surface area contributed by atoms with E-state index >= 15 is 0 Å². The Morgan fingerprint density at radius 3 is 2.93 bits per heavy atom. The summed E-state index contributed by atoms with van der Waals surface area (Å²) < 4.78 is 4.96. The van der Waals surface area contributed by atoms with Gasteiger partial charge in [-0.3, -0.25) is 4.79 Å². The van der Waals surface area contributed by atoms with Gasteiger partial charge in [-0.25, -0.2) is 4.98 Å². The number of unbranched alkanes of at least 4 members (excludes halogenated alkanes) is 2. The molecule has 4 heteroatoms. The summed E-state index contributed by atoms with van der Waals surface area (Å²) in [6.07, 6.45) is 4.58. The molecular formula is C10H16N2O2. The maximum atomic E-state index is 11.4. The van der Waals surface area contributed by atoms with Crippen molar-refractivity contribution in [1.29, 1.82) is 0 Å². The number of hydrogen-bond acceptors (Lipinski definition) is 3. The third-order valence-corrected chi connectivity index (χ3v) is 2.02. The highest BCUT2D eigenvalue weighted by atomic mass is 16.3. The number of carbonyl (C=O) groups excluding carboxylic acids is 1. The summed E-state index contributed by atoms with van der Waals surface area (Å²) in [4.78, 5) is 15.3. The van der Waals surface area contributed by atoms with Gasteiger partial charge in [-0.15, -0.1) is 0 Å². The molecule has 1 N–H and O–H groups in total. The summed E-state index contributed by atoms with van der Waals surface area (Å²) in [6, 6.07) is 0. The number of aryl methyl sites for hydroxylation is 1. The van der Waals surface area contributed by atoms with Crippen molar-refractivity contribution in [2.75, 3.05) is 6.54 Å². The molecule has 1 amide bonds. The topological polar surface area (TPSA) is 55.1 Å². The van der Waals surface area contributed by atoms with Gasteiger partial charge in [-0.05, 0) is 13.3 Å². The predicted octanol–water partition coefficient (Wildman–Crippen LogP) is 1.90. The van der Waals surface area contributed by atoms with Gasteiger partial charge in [0.2, 0.25) is 5.76 Å². The molecule has 0 aliphatic rings. The van der Waals surface area contributed by atoms with Gasteiger partial charge in [0, 0.05) is 6.54 Å².